The minimum absolute atomic E-state index is 0.144. The van der Waals surface area contributed by atoms with Gasteiger partial charge in [-0.15, -0.1) is 11.8 Å². The van der Waals surface area contributed by atoms with Crippen LogP contribution in [0.3, 0.4) is 0 Å². The highest BCUT2D eigenvalue weighted by atomic mass is 32.2. The van der Waals surface area contributed by atoms with Crippen molar-refractivity contribution in [2.75, 3.05) is 5.75 Å². The fourth-order valence-electron chi connectivity index (χ4n) is 1.47. The third kappa shape index (κ3) is 4.31. The van der Waals surface area contributed by atoms with E-state index < -0.39 is 11.6 Å². The molecule has 6 heteroatoms. The van der Waals surface area contributed by atoms with Gasteiger partial charge in [0.25, 0.3) is 0 Å². The monoisotopic (exact) mass is 294 g/mol. The molecular weight excluding hydrogens is 282 g/mol. The predicted octanol–water partition coefficient (Wildman–Crippen LogP) is 2.77. The van der Waals surface area contributed by atoms with Gasteiger partial charge in [0, 0.05) is 23.8 Å². The van der Waals surface area contributed by atoms with Gasteiger partial charge in [-0.05, 0) is 29.8 Å². The van der Waals surface area contributed by atoms with Crippen molar-refractivity contribution in [2.24, 2.45) is 0 Å². The summed E-state index contributed by atoms with van der Waals surface area (Å²) in [7, 11) is 0. The second-order valence-electron chi connectivity index (χ2n) is 4.00. The average molecular weight is 294 g/mol. The molecular formula is C14H12F2N2OS. The summed E-state index contributed by atoms with van der Waals surface area (Å²) in [5.74, 6) is -1.84. The molecule has 1 heterocycles. The molecule has 2 aromatic rings. The van der Waals surface area contributed by atoms with Gasteiger partial charge in [0.05, 0.1) is 5.75 Å². The Bertz CT molecular complexity index is 593. The Kier molecular flexibility index (Phi) is 5.06. The number of hydrogen-bond acceptors (Lipinski definition) is 3. The SMILES string of the molecule is O=C(CSc1ccc(F)c(F)c1)NCc1cccnc1. The lowest BCUT2D eigenvalue weighted by molar-refractivity contribution is -0.118. The van der Waals surface area contributed by atoms with Crippen LogP contribution in [0.2, 0.25) is 0 Å². The first-order valence-electron chi connectivity index (χ1n) is 5.88. The second-order valence-corrected chi connectivity index (χ2v) is 5.05. The van der Waals surface area contributed by atoms with E-state index in [0.717, 1.165) is 29.5 Å². The van der Waals surface area contributed by atoms with E-state index in [-0.39, 0.29) is 11.7 Å². The predicted molar refractivity (Wildman–Crippen MR) is 73.2 cm³/mol. The third-order valence-corrected chi connectivity index (χ3v) is 3.47. The standard InChI is InChI=1S/C14H12F2N2OS/c15-12-4-3-11(6-13(12)16)20-9-14(19)18-8-10-2-1-5-17-7-10/h1-7H,8-9H2,(H,18,19). The van der Waals surface area contributed by atoms with Crippen LogP contribution in [-0.4, -0.2) is 16.6 Å². The fourth-order valence-corrected chi connectivity index (χ4v) is 2.22. The number of benzene rings is 1. The zero-order valence-corrected chi connectivity index (χ0v) is 11.3. The van der Waals surface area contributed by atoms with Crippen molar-refractivity contribution in [3.8, 4) is 0 Å². The van der Waals surface area contributed by atoms with E-state index in [2.05, 4.69) is 10.3 Å². The number of nitrogens with zero attached hydrogens (tertiary/aromatic N) is 1. The quantitative estimate of drug-likeness (QED) is 0.862. The van der Waals surface area contributed by atoms with Crippen LogP contribution < -0.4 is 5.32 Å². The number of amides is 1. The Hall–Kier alpha value is -1.95. The average Bonchev–Trinajstić information content (AvgIpc) is 2.47. The van der Waals surface area contributed by atoms with Crippen molar-refractivity contribution >= 4 is 17.7 Å². The molecule has 1 aromatic carbocycles. The normalized spacial score (nSPS) is 10.3. The number of aromatic nitrogens is 1. The minimum atomic E-state index is -0.911. The Balaban J connectivity index is 1.79. The molecule has 2 rings (SSSR count). The van der Waals surface area contributed by atoms with Gasteiger partial charge < -0.3 is 5.32 Å². The molecule has 1 aromatic heterocycles. The topological polar surface area (TPSA) is 42.0 Å². The van der Waals surface area contributed by atoms with Gasteiger partial charge in [0.1, 0.15) is 0 Å². The molecule has 20 heavy (non-hydrogen) atoms. The summed E-state index contributed by atoms with van der Waals surface area (Å²) >= 11 is 1.15. The summed E-state index contributed by atoms with van der Waals surface area (Å²) in [5, 5.41) is 2.73. The molecule has 3 nitrogen and oxygen atoms in total. The maximum Gasteiger partial charge on any atom is 0.230 e. The Labute approximate surface area is 119 Å². The first-order valence-corrected chi connectivity index (χ1v) is 6.87. The molecule has 104 valence electrons. The second kappa shape index (κ2) is 7.00. The van der Waals surface area contributed by atoms with Crippen molar-refractivity contribution in [1.29, 1.82) is 0 Å². The van der Waals surface area contributed by atoms with Crippen molar-refractivity contribution in [3.63, 3.8) is 0 Å². The Morgan fingerprint density at radius 3 is 2.80 bits per heavy atom. The van der Waals surface area contributed by atoms with E-state index in [1.807, 2.05) is 6.07 Å². The number of nitrogens with one attached hydrogen (secondary N) is 1. The summed E-state index contributed by atoms with van der Waals surface area (Å²) in [5.41, 5.74) is 0.902. The van der Waals surface area contributed by atoms with Crippen LogP contribution >= 0.6 is 11.8 Å². The van der Waals surface area contributed by atoms with Gasteiger partial charge in [-0.3, -0.25) is 9.78 Å². The van der Waals surface area contributed by atoms with Crippen molar-refractivity contribution in [2.45, 2.75) is 11.4 Å². The molecule has 0 unspecified atom stereocenters. The lowest BCUT2D eigenvalue weighted by Gasteiger charge is -2.05. The van der Waals surface area contributed by atoms with Crippen LogP contribution in [-0.2, 0) is 11.3 Å². The number of hydrogen-bond donors (Lipinski definition) is 1. The van der Waals surface area contributed by atoms with Crippen LogP contribution in [0.5, 0.6) is 0 Å². The lowest BCUT2D eigenvalue weighted by Crippen LogP contribution is -2.24. The van der Waals surface area contributed by atoms with Crippen LogP contribution in [0, 0.1) is 11.6 Å². The fraction of sp³-hybridized carbons (Fsp3) is 0.143. The molecule has 0 fully saturated rings. The van der Waals surface area contributed by atoms with Gasteiger partial charge >= 0.3 is 0 Å². The summed E-state index contributed by atoms with van der Waals surface area (Å²) in [6.45, 7) is 0.394. The number of carbonyl (C=O) groups excluding carboxylic acids is 1. The first-order chi connectivity index (χ1) is 9.65. The maximum atomic E-state index is 13.0. The van der Waals surface area contributed by atoms with Crippen molar-refractivity contribution in [3.05, 3.63) is 59.9 Å². The largest absolute Gasteiger partial charge is 0.351 e. The lowest BCUT2D eigenvalue weighted by atomic mass is 10.3. The summed E-state index contributed by atoms with van der Waals surface area (Å²) in [6, 6.07) is 7.21. The molecule has 0 spiro atoms. The number of thioether (sulfide) groups is 1. The number of carbonyl (C=O) groups is 1. The van der Waals surface area contributed by atoms with Crippen LogP contribution in [0.25, 0.3) is 0 Å². The molecule has 0 aliphatic rings. The van der Waals surface area contributed by atoms with Gasteiger partial charge in [-0.2, -0.15) is 0 Å². The van der Waals surface area contributed by atoms with Gasteiger partial charge in [-0.25, -0.2) is 8.78 Å². The van der Waals surface area contributed by atoms with Gasteiger partial charge in [-0.1, -0.05) is 6.07 Å². The number of rotatable bonds is 5. The molecule has 0 saturated heterocycles. The molecule has 1 amide bonds. The number of pyridine rings is 1. The third-order valence-electron chi connectivity index (χ3n) is 2.47. The Morgan fingerprint density at radius 1 is 1.25 bits per heavy atom. The zero-order chi connectivity index (χ0) is 14.4. The maximum absolute atomic E-state index is 13.0. The van der Waals surface area contributed by atoms with E-state index in [1.165, 1.54) is 6.07 Å². The highest BCUT2D eigenvalue weighted by Crippen LogP contribution is 2.20. The van der Waals surface area contributed by atoms with Crippen molar-refractivity contribution < 1.29 is 13.6 Å². The number of halogens is 2. The minimum Gasteiger partial charge on any atom is -0.351 e. The van der Waals surface area contributed by atoms with Crippen LogP contribution in [0.4, 0.5) is 8.78 Å². The summed E-state index contributed by atoms with van der Waals surface area (Å²) in [6.07, 6.45) is 3.33. The van der Waals surface area contributed by atoms with E-state index in [4.69, 9.17) is 0 Å². The molecule has 0 bridgehead atoms. The molecule has 0 aliphatic carbocycles. The zero-order valence-electron chi connectivity index (χ0n) is 10.5. The van der Waals surface area contributed by atoms with E-state index in [0.29, 0.717) is 11.4 Å². The highest BCUT2D eigenvalue weighted by Gasteiger charge is 2.06. The highest BCUT2D eigenvalue weighted by molar-refractivity contribution is 8.00. The molecule has 0 saturated carbocycles. The molecule has 1 N–H and O–H groups in total. The molecule has 0 aliphatic heterocycles. The Morgan fingerprint density at radius 2 is 2.10 bits per heavy atom. The smallest absolute Gasteiger partial charge is 0.230 e. The molecule has 0 radical (unpaired) electrons. The van der Waals surface area contributed by atoms with Crippen LogP contribution in [0.1, 0.15) is 5.56 Å². The van der Waals surface area contributed by atoms with Gasteiger partial charge in [0.2, 0.25) is 5.91 Å². The van der Waals surface area contributed by atoms with Crippen LogP contribution in [0.15, 0.2) is 47.6 Å². The van der Waals surface area contributed by atoms with E-state index >= 15 is 0 Å². The summed E-state index contributed by atoms with van der Waals surface area (Å²) < 4.78 is 25.7. The van der Waals surface area contributed by atoms with Crippen molar-refractivity contribution in [1.82, 2.24) is 10.3 Å². The molecule has 0 atom stereocenters. The van der Waals surface area contributed by atoms with Gasteiger partial charge in [0.15, 0.2) is 11.6 Å². The van der Waals surface area contributed by atoms with E-state index in [9.17, 15) is 13.6 Å². The van der Waals surface area contributed by atoms with E-state index in [1.54, 1.807) is 18.5 Å². The summed E-state index contributed by atoms with van der Waals surface area (Å²) in [4.78, 5) is 16.1. The first kappa shape index (κ1) is 14.5.